The molecule has 0 unspecified atom stereocenters. The van der Waals surface area contributed by atoms with Crippen LogP contribution in [-0.4, -0.2) is 50.1 Å². The maximum absolute atomic E-state index is 11.9. The van der Waals surface area contributed by atoms with E-state index in [1.54, 1.807) is 0 Å². The van der Waals surface area contributed by atoms with Crippen molar-refractivity contribution in [3.05, 3.63) is 33.2 Å². The minimum absolute atomic E-state index is 0.167. The van der Waals surface area contributed by atoms with Crippen molar-refractivity contribution in [1.29, 1.82) is 0 Å². The number of fused-ring (bicyclic) bond motifs is 1. The number of nitrogens with two attached hydrogens (primary N) is 1. The topological polar surface area (TPSA) is 175 Å². The predicted octanol–water partition coefficient (Wildman–Crippen LogP) is -0.126. The molecule has 0 radical (unpaired) electrons. The number of hydrogen-bond acceptors (Lipinski definition) is 7. The number of hydrogen-bond donors (Lipinski definition) is 4. The Kier molecular flexibility index (Phi) is 4.40. The summed E-state index contributed by atoms with van der Waals surface area (Å²) in [5.41, 5.74) is 14.2. The summed E-state index contributed by atoms with van der Waals surface area (Å²) in [5, 5.41) is 23.5. The fraction of sp³-hybridized carbons (Fsp3) is 0.538. The molecule has 1 aliphatic heterocycles. The number of ether oxygens (including phenoxy) is 1. The lowest BCUT2D eigenvalue weighted by Crippen LogP contribution is -2.28. The van der Waals surface area contributed by atoms with E-state index in [1.807, 2.05) is 0 Å². The standard InChI is InChI=1S/C13H17N7O4/c14-9-3-7-10(12(23)18-9)16-5-20(7)13-11(22)6(1-2-17-19-15)8(4-21)24-13/h3,5-6,8,11,13,21-22H,1-2,4H2,(H3,14,18,23)/t6-,8-,11-,13-/m1/s1. The van der Waals surface area contributed by atoms with E-state index in [-0.39, 0.29) is 24.5 Å². The molecule has 1 aliphatic rings. The summed E-state index contributed by atoms with van der Waals surface area (Å²) in [6, 6.07) is 1.53. The summed E-state index contributed by atoms with van der Waals surface area (Å²) >= 11 is 0. The first-order valence-corrected chi connectivity index (χ1v) is 7.37. The number of H-pyrrole nitrogens is 1. The first kappa shape index (κ1) is 16.3. The molecule has 2 aromatic rings. The van der Waals surface area contributed by atoms with Crippen molar-refractivity contribution >= 4 is 16.9 Å². The molecule has 128 valence electrons. The van der Waals surface area contributed by atoms with Gasteiger partial charge in [-0.15, -0.1) is 0 Å². The molecule has 1 fully saturated rings. The molecule has 11 nitrogen and oxygen atoms in total. The number of aromatic nitrogens is 3. The SMILES string of the molecule is [N-]=[N+]=NCC[C@H]1[C@@H](O)[C@H](n2cnc3c(=O)[nH]c(N)cc32)O[C@@H]1CO. The van der Waals surface area contributed by atoms with Gasteiger partial charge in [0.05, 0.1) is 24.6 Å². The van der Waals surface area contributed by atoms with Gasteiger partial charge in [0, 0.05) is 23.4 Å². The van der Waals surface area contributed by atoms with Crippen LogP contribution in [0.3, 0.4) is 0 Å². The van der Waals surface area contributed by atoms with Crippen LogP contribution in [0.1, 0.15) is 12.6 Å². The average molecular weight is 335 g/mol. The summed E-state index contributed by atoms with van der Waals surface area (Å²) in [7, 11) is 0. The Labute approximate surface area is 135 Å². The van der Waals surface area contributed by atoms with Crippen LogP contribution in [0.5, 0.6) is 0 Å². The molecule has 24 heavy (non-hydrogen) atoms. The van der Waals surface area contributed by atoms with Crippen molar-refractivity contribution in [2.75, 3.05) is 18.9 Å². The number of rotatable bonds is 5. The Hall–Kier alpha value is -2.59. The normalized spacial score (nSPS) is 26.6. The number of azide groups is 1. The van der Waals surface area contributed by atoms with Crippen molar-refractivity contribution in [2.24, 2.45) is 11.0 Å². The molecule has 1 saturated heterocycles. The number of nitrogens with zero attached hydrogens (tertiary/aromatic N) is 5. The minimum atomic E-state index is -0.964. The van der Waals surface area contributed by atoms with E-state index >= 15 is 0 Å². The largest absolute Gasteiger partial charge is 0.394 e. The van der Waals surface area contributed by atoms with Crippen LogP contribution < -0.4 is 11.3 Å². The van der Waals surface area contributed by atoms with Gasteiger partial charge < -0.3 is 30.2 Å². The number of nitrogens with one attached hydrogen (secondary N) is 1. The molecule has 4 atom stereocenters. The zero-order chi connectivity index (χ0) is 17.3. The van der Waals surface area contributed by atoms with Crippen LogP contribution in [0.4, 0.5) is 5.82 Å². The van der Waals surface area contributed by atoms with Crippen molar-refractivity contribution in [3.8, 4) is 0 Å². The summed E-state index contributed by atoms with van der Waals surface area (Å²) < 4.78 is 7.25. The molecule has 0 saturated carbocycles. The fourth-order valence-electron chi connectivity index (χ4n) is 3.07. The van der Waals surface area contributed by atoms with Crippen LogP contribution in [-0.2, 0) is 4.74 Å². The third-order valence-electron chi connectivity index (χ3n) is 4.20. The first-order valence-electron chi connectivity index (χ1n) is 7.37. The lowest BCUT2D eigenvalue weighted by Gasteiger charge is -2.19. The number of pyridine rings is 1. The van der Waals surface area contributed by atoms with Crippen LogP contribution in [0.2, 0.25) is 0 Å². The maximum atomic E-state index is 11.9. The molecule has 0 bridgehead atoms. The highest BCUT2D eigenvalue weighted by Gasteiger charge is 2.44. The molecule has 3 rings (SSSR count). The molecule has 3 heterocycles. The van der Waals surface area contributed by atoms with E-state index in [0.29, 0.717) is 11.9 Å². The Balaban J connectivity index is 1.95. The van der Waals surface area contributed by atoms with Crippen LogP contribution in [0.25, 0.3) is 21.5 Å². The zero-order valence-corrected chi connectivity index (χ0v) is 12.6. The van der Waals surface area contributed by atoms with E-state index in [0.717, 1.165) is 0 Å². The minimum Gasteiger partial charge on any atom is -0.394 e. The smallest absolute Gasteiger partial charge is 0.277 e. The van der Waals surface area contributed by atoms with E-state index in [4.69, 9.17) is 16.0 Å². The summed E-state index contributed by atoms with van der Waals surface area (Å²) in [6.07, 6.45) is -0.658. The molecule has 0 aliphatic carbocycles. The second kappa shape index (κ2) is 6.49. The van der Waals surface area contributed by atoms with Crippen molar-refractivity contribution in [1.82, 2.24) is 14.5 Å². The highest BCUT2D eigenvalue weighted by molar-refractivity contribution is 5.76. The van der Waals surface area contributed by atoms with Crippen molar-refractivity contribution < 1.29 is 14.9 Å². The number of imidazole rings is 1. The highest BCUT2D eigenvalue weighted by atomic mass is 16.5. The lowest BCUT2D eigenvalue weighted by molar-refractivity contribution is -0.0490. The molecular formula is C13H17N7O4. The number of aliphatic hydroxyl groups excluding tert-OH is 2. The van der Waals surface area contributed by atoms with Crippen LogP contribution >= 0.6 is 0 Å². The zero-order valence-electron chi connectivity index (χ0n) is 12.6. The third kappa shape index (κ3) is 2.69. The Morgan fingerprint density at radius 1 is 1.58 bits per heavy atom. The van der Waals surface area contributed by atoms with Crippen LogP contribution in [0, 0.1) is 5.92 Å². The van der Waals surface area contributed by atoms with Gasteiger partial charge in [-0.2, -0.15) is 0 Å². The molecule has 11 heteroatoms. The number of aliphatic hydroxyl groups is 2. The second-order valence-electron chi connectivity index (χ2n) is 5.58. The van der Waals surface area contributed by atoms with Crippen molar-refractivity contribution in [3.63, 3.8) is 0 Å². The predicted molar refractivity (Wildman–Crippen MR) is 83.9 cm³/mol. The van der Waals surface area contributed by atoms with E-state index in [9.17, 15) is 15.0 Å². The third-order valence-corrected chi connectivity index (χ3v) is 4.20. The average Bonchev–Trinajstić information content (AvgIpc) is 3.09. The quantitative estimate of drug-likeness (QED) is 0.336. The summed E-state index contributed by atoms with van der Waals surface area (Å²) in [6.45, 7) is -0.105. The second-order valence-corrected chi connectivity index (χ2v) is 5.58. The molecule has 0 spiro atoms. The molecule has 0 amide bonds. The molecule has 0 aromatic carbocycles. The Morgan fingerprint density at radius 2 is 2.38 bits per heavy atom. The van der Waals surface area contributed by atoms with Gasteiger partial charge in [0.25, 0.3) is 5.56 Å². The van der Waals surface area contributed by atoms with E-state index in [2.05, 4.69) is 20.0 Å². The lowest BCUT2D eigenvalue weighted by atomic mass is 9.94. The number of nitrogen functional groups attached to an aromatic ring is 1. The molecular weight excluding hydrogens is 318 g/mol. The maximum Gasteiger partial charge on any atom is 0.277 e. The van der Waals surface area contributed by atoms with Gasteiger partial charge in [-0.1, -0.05) is 5.11 Å². The highest BCUT2D eigenvalue weighted by Crippen LogP contribution is 2.37. The van der Waals surface area contributed by atoms with Gasteiger partial charge in [0.2, 0.25) is 0 Å². The summed E-state index contributed by atoms with van der Waals surface area (Å²) in [4.78, 5) is 21.0. The van der Waals surface area contributed by atoms with Gasteiger partial charge in [-0.25, -0.2) is 4.98 Å². The fourth-order valence-corrected chi connectivity index (χ4v) is 3.07. The molecule has 2 aromatic heterocycles. The monoisotopic (exact) mass is 335 g/mol. The molecule has 5 N–H and O–H groups in total. The van der Waals surface area contributed by atoms with Gasteiger partial charge in [-0.05, 0) is 12.0 Å². The van der Waals surface area contributed by atoms with E-state index < -0.39 is 29.9 Å². The van der Waals surface area contributed by atoms with Gasteiger partial charge >= 0.3 is 0 Å². The Bertz CT molecular complexity index is 840. The van der Waals surface area contributed by atoms with Gasteiger partial charge in [0.15, 0.2) is 11.7 Å². The summed E-state index contributed by atoms with van der Waals surface area (Å²) in [5.74, 6) is -0.248. The van der Waals surface area contributed by atoms with E-state index in [1.165, 1.54) is 17.0 Å². The first-order chi connectivity index (χ1) is 11.6. The van der Waals surface area contributed by atoms with Gasteiger partial charge in [0.1, 0.15) is 11.9 Å². The Morgan fingerprint density at radius 3 is 3.08 bits per heavy atom. The van der Waals surface area contributed by atoms with Crippen LogP contribution in [0.15, 0.2) is 22.3 Å². The van der Waals surface area contributed by atoms with Gasteiger partial charge in [-0.3, -0.25) is 4.79 Å². The van der Waals surface area contributed by atoms with Crippen molar-refractivity contribution in [2.45, 2.75) is 24.9 Å². The number of anilines is 1. The number of aromatic amines is 1.